The van der Waals surface area contributed by atoms with E-state index < -0.39 is 0 Å². The summed E-state index contributed by atoms with van der Waals surface area (Å²) < 4.78 is 5.19. The molecule has 3 aromatic rings. The van der Waals surface area contributed by atoms with Gasteiger partial charge in [-0.3, -0.25) is 0 Å². The van der Waals surface area contributed by atoms with Crippen LogP contribution in [0.5, 0.6) is 5.75 Å². The topological polar surface area (TPSA) is 70.6 Å². The second-order valence-electron chi connectivity index (χ2n) is 7.04. The number of methoxy groups -OCH3 is 1. The third-order valence-electron chi connectivity index (χ3n) is 5.10. The van der Waals surface area contributed by atoms with Gasteiger partial charge in [0.25, 0.3) is 0 Å². The Hall–Kier alpha value is -3.03. The third-order valence-corrected chi connectivity index (χ3v) is 5.84. The van der Waals surface area contributed by atoms with Gasteiger partial charge < -0.3 is 19.9 Å². The van der Waals surface area contributed by atoms with E-state index in [4.69, 9.17) is 27.9 Å². The van der Waals surface area contributed by atoms with Gasteiger partial charge in [-0.2, -0.15) is 0 Å². The lowest BCUT2D eigenvalue weighted by Crippen LogP contribution is -2.50. The van der Waals surface area contributed by atoms with Crippen LogP contribution in [0.3, 0.4) is 0 Å². The zero-order valence-electron chi connectivity index (χ0n) is 16.9. The molecule has 1 fully saturated rings. The molecule has 4 rings (SSSR count). The number of rotatable bonds is 4. The van der Waals surface area contributed by atoms with Crippen molar-refractivity contribution >= 4 is 40.7 Å². The number of ether oxygens (including phenoxy) is 1. The number of amides is 2. The summed E-state index contributed by atoms with van der Waals surface area (Å²) in [5.41, 5.74) is 2.39. The maximum absolute atomic E-state index is 12.5. The molecule has 0 atom stereocenters. The monoisotopic (exact) mass is 457 g/mol. The number of aromatic nitrogens is 2. The van der Waals surface area contributed by atoms with Crippen LogP contribution in [0.25, 0.3) is 11.3 Å². The number of anilines is 2. The minimum atomic E-state index is -0.168. The van der Waals surface area contributed by atoms with Gasteiger partial charge in [0.05, 0.1) is 22.8 Å². The normalized spacial score (nSPS) is 13.8. The first-order valence-electron chi connectivity index (χ1n) is 9.77. The van der Waals surface area contributed by atoms with Gasteiger partial charge in [0.15, 0.2) is 5.82 Å². The van der Waals surface area contributed by atoms with Crippen LogP contribution < -0.4 is 15.0 Å². The Kier molecular flexibility index (Phi) is 6.44. The lowest BCUT2D eigenvalue weighted by Gasteiger charge is -2.35. The highest BCUT2D eigenvalue weighted by Crippen LogP contribution is 2.25. The molecule has 1 saturated heterocycles. The summed E-state index contributed by atoms with van der Waals surface area (Å²) in [5, 5.41) is 12.4. The predicted molar refractivity (Wildman–Crippen MR) is 123 cm³/mol. The maximum atomic E-state index is 12.5. The fourth-order valence-electron chi connectivity index (χ4n) is 3.32. The molecule has 0 unspecified atom stereocenters. The van der Waals surface area contributed by atoms with Gasteiger partial charge in [0.1, 0.15) is 5.75 Å². The molecule has 2 aromatic carbocycles. The van der Waals surface area contributed by atoms with Gasteiger partial charge in [-0.25, -0.2) is 4.79 Å². The molecule has 0 aliphatic carbocycles. The number of benzene rings is 2. The molecule has 0 bridgehead atoms. The summed E-state index contributed by atoms with van der Waals surface area (Å²) in [4.78, 5) is 16.4. The first-order valence-corrected chi connectivity index (χ1v) is 10.5. The molecule has 1 aliphatic rings. The van der Waals surface area contributed by atoms with Crippen LogP contribution in [0.4, 0.5) is 16.3 Å². The molecule has 9 heteroatoms. The van der Waals surface area contributed by atoms with Crippen molar-refractivity contribution in [2.45, 2.75) is 0 Å². The number of hydrogen-bond acceptors (Lipinski definition) is 5. The number of nitrogens with zero attached hydrogens (tertiary/aromatic N) is 4. The summed E-state index contributed by atoms with van der Waals surface area (Å²) in [6.45, 7) is 2.50. The van der Waals surface area contributed by atoms with Crippen molar-refractivity contribution in [2.24, 2.45) is 0 Å². The van der Waals surface area contributed by atoms with Crippen LogP contribution in [-0.2, 0) is 0 Å². The van der Waals surface area contributed by atoms with Crippen molar-refractivity contribution in [1.29, 1.82) is 0 Å². The van der Waals surface area contributed by atoms with E-state index in [9.17, 15) is 4.79 Å². The standard InChI is InChI=1S/C22H21Cl2N5O2/c1-31-17-5-2-15(3-6-17)20-8-9-21(27-26-20)28-10-12-29(13-11-28)22(30)25-16-4-7-18(23)19(24)14-16/h2-9,14H,10-13H2,1H3,(H,25,30). The van der Waals surface area contributed by atoms with Crippen molar-refractivity contribution in [2.75, 3.05) is 43.5 Å². The van der Waals surface area contributed by atoms with E-state index in [0.29, 0.717) is 41.9 Å². The van der Waals surface area contributed by atoms with E-state index in [1.807, 2.05) is 36.4 Å². The average molecular weight is 458 g/mol. The number of urea groups is 1. The summed E-state index contributed by atoms with van der Waals surface area (Å²) in [6.07, 6.45) is 0. The number of halogens is 2. The van der Waals surface area contributed by atoms with Crippen LogP contribution in [0.1, 0.15) is 0 Å². The quantitative estimate of drug-likeness (QED) is 0.608. The Morgan fingerprint density at radius 2 is 1.68 bits per heavy atom. The fourth-order valence-corrected chi connectivity index (χ4v) is 3.62. The lowest BCUT2D eigenvalue weighted by atomic mass is 10.1. The van der Waals surface area contributed by atoms with E-state index in [1.165, 1.54) is 0 Å². The molecule has 2 amide bonds. The first kappa shape index (κ1) is 21.2. The van der Waals surface area contributed by atoms with E-state index in [2.05, 4.69) is 20.4 Å². The Balaban J connectivity index is 1.33. The summed E-state index contributed by atoms with van der Waals surface area (Å²) in [6, 6.07) is 16.5. The Bertz CT molecular complexity index is 1050. The Morgan fingerprint density at radius 3 is 2.29 bits per heavy atom. The molecule has 0 spiro atoms. The second-order valence-corrected chi connectivity index (χ2v) is 7.85. The molecule has 160 valence electrons. The van der Waals surface area contributed by atoms with Crippen molar-refractivity contribution in [3.8, 4) is 17.0 Å². The molecule has 1 aromatic heterocycles. The largest absolute Gasteiger partial charge is 0.497 e. The average Bonchev–Trinajstić information content (AvgIpc) is 2.82. The van der Waals surface area contributed by atoms with E-state index >= 15 is 0 Å². The van der Waals surface area contributed by atoms with Gasteiger partial charge in [-0.15, -0.1) is 10.2 Å². The smallest absolute Gasteiger partial charge is 0.321 e. The van der Waals surface area contributed by atoms with Gasteiger partial charge >= 0.3 is 6.03 Å². The molecule has 1 N–H and O–H groups in total. The minimum Gasteiger partial charge on any atom is -0.497 e. The van der Waals surface area contributed by atoms with Crippen LogP contribution >= 0.6 is 23.2 Å². The number of carbonyl (C=O) groups is 1. The fraction of sp³-hybridized carbons (Fsp3) is 0.227. The number of hydrogen-bond donors (Lipinski definition) is 1. The minimum absolute atomic E-state index is 0.168. The highest BCUT2D eigenvalue weighted by molar-refractivity contribution is 6.42. The van der Waals surface area contributed by atoms with E-state index in [-0.39, 0.29) is 6.03 Å². The molecule has 7 nitrogen and oxygen atoms in total. The number of nitrogens with one attached hydrogen (secondary N) is 1. The van der Waals surface area contributed by atoms with E-state index in [0.717, 1.165) is 22.8 Å². The molecular formula is C22H21Cl2N5O2. The van der Waals surface area contributed by atoms with Crippen molar-refractivity contribution < 1.29 is 9.53 Å². The zero-order chi connectivity index (χ0) is 21.8. The van der Waals surface area contributed by atoms with E-state index in [1.54, 1.807) is 30.2 Å². The molecule has 1 aliphatic heterocycles. The second kappa shape index (κ2) is 9.41. The number of piperazine rings is 1. The highest BCUT2D eigenvalue weighted by atomic mass is 35.5. The Labute approximate surface area is 190 Å². The van der Waals surface area contributed by atoms with Crippen LogP contribution in [0.15, 0.2) is 54.6 Å². The van der Waals surface area contributed by atoms with Crippen molar-refractivity contribution in [1.82, 2.24) is 15.1 Å². The SMILES string of the molecule is COc1ccc(-c2ccc(N3CCN(C(=O)Nc4ccc(Cl)c(Cl)c4)CC3)nn2)cc1. The van der Waals surface area contributed by atoms with Crippen LogP contribution in [0, 0.1) is 0 Å². The Morgan fingerprint density at radius 1 is 0.935 bits per heavy atom. The molecular weight excluding hydrogens is 437 g/mol. The predicted octanol–water partition coefficient (Wildman–Crippen LogP) is 4.81. The molecule has 2 heterocycles. The van der Waals surface area contributed by atoms with Gasteiger partial charge in [-0.1, -0.05) is 23.2 Å². The van der Waals surface area contributed by atoms with Gasteiger partial charge in [-0.05, 0) is 54.6 Å². The summed E-state index contributed by atoms with van der Waals surface area (Å²) >= 11 is 11.9. The molecule has 0 radical (unpaired) electrons. The summed E-state index contributed by atoms with van der Waals surface area (Å²) in [7, 11) is 1.64. The zero-order valence-corrected chi connectivity index (χ0v) is 18.4. The first-order chi connectivity index (χ1) is 15.0. The van der Waals surface area contributed by atoms with Gasteiger partial charge in [0.2, 0.25) is 0 Å². The third kappa shape index (κ3) is 5.00. The molecule has 0 saturated carbocycles. The van der Waals surface area contributed by atoms with Crippen molar-refractivity contribution in [3.63, 3.8) is 0 Å². The van der Waals surface area contributed by atoms with Gasteiger partial charge in [0, 0.05) is 37.4 Å². The van der Waals surface area contributed by atoms with Crippen molar-refractivity contribution in [3.05, 3.63) is 64.6 Å². The van der Waals surface area contributed by atoms with Crippen LogP contribution in [-0.4, -0.2) is 54.4 Å². The number of carbonyl (C=O) groups excluding carboxylic acids is 1. The maximum Gasteiger partial charge on any atom is 0.321 e. The molecule has 31 heavy (non-hydrogen) atoms. The summed E-state index contributed by atoms with van der Waals surface area (Å²) in [5.74, 6) is 1.59. The highest BCUT2D eigenvalue weighted by Gasteiger charge is 2.22. The van der Waals surface area contributed by atoms with Crippen LogP contribution in [0.2, 0.25) is 10.0 Å². The lowest BCUT2D eigenvalue weighted by molar-refractivity contribution is 0.208.